The molecule has 0 bridgehead atoms. The molecule has 0 spiro atoms. The van der Waals surface area contributed by atoms with Crippen LogP contribution in [-0.2, 0) is 14.3 Å². The topological polar surface area (TPSA) is 50.8 Å². The van der Waals surface area contributed by atoms with Gasteiger partial charge >= 0.3 is 5.97 Å². The summed E-state index contributed by atoms with van der Waals surface area (Å²) in [7, 11) is 6.93. The molecule has 0 aliphatic rings. The SMILES string of the molecule is CNC(CCN(C)CCCOC)C(=O)OC. The molecule has 0 aromatic carbocycles. The second kappa shape index (κ2) is 9.57. The van der Waals surface area contributed by atoms with Gasteiger partial charge in [0.1, 0.15) is 6.04 Å². The van der Waals surface area contributed by atoms with Crippen LogP contribution in [0.1, 0.15) is 12.8 Å². The fourth-order valence-electron chi connectivity index (χ4n) is 1.46. The standard InChI is InChI=1S/C11H24N2O3/c1-12-10(11(14)16-4)6-8-13(2)7-5-9-15-3/h10,12H,5-9H2,1-4H3. The van der Waals surface area contributed by atoms with Crippen LogP contribution in [-0.4, -0.2) is 64.9 Å². The van der Waals surface area contributed by atoms with Crippen molar-refractivity contribution in [3.05, 3.63) is 0 Å². The molecule has 0 amide bonds. The highest BCUT2D eigenvalue weighted by Crippen LogP contribution is 1.98. The minimum absolute atomic E-state index is 0.201. The number of methoxy groups -OCH3 is 2. The molecule has 0 aromatic rings. The van der Waals surface area contributed by atoms with Gasteiger partial charge in [-0.25, -0.2) is 0 Å². The second-order valence-electron chi connectivity index (χ2n) is 3.80. The van der Waals surface area contributed by atoms with Crippen LogP contribution in [0.5, 0.6) is 0 Å². The lowest BCUT2D eigenvalue weighted by atomic mass is 10.2. The van der Waals surface area contributed by atoms with Crippen molar-refractivity contribution in [3.8, 4) is 0 Å². The highest BCUT2D eigenvalue weighted by Gasteiger charge is 2.16. The van der Waals surface area contributed by atoms with Crippen molar-refractivity contribution in [1.29, 1.82) is 0 Å². The summed E-state index contributed by atoms with van der Waals surface area (Å²) in [4.78, 5) is 13.5. The summed E-state index contributed by atoms with van der Waals surface area (Å²) >= 11 is 0. The van der Waals surface area contributed by atoms with Crippen molar-refractivity contribution in [1.82, 2.24) is 10.2 Å². The van der Waals surface area contributed by atoms with Gasteiger partial charge in [-0.2, -0.15) is 0 Å². The minimum Gasteiger partial charge on any atom is -0.468 e. The fourth-order valence-corrected chi connectivity index (χ4v) is 1.46. The van der Waals surface area contributed by atoms with Gasteiger partial charge in [0.2, 0.25) is 0 Å². The Morgan fingerprint density at radius 3 is 2.56 bits per heavy atom. The molecule has 1 atom stereocenters. The molecular weight excluding hydrogens is 208 g/mol. The summed E-state index contributed by atoms with van der Waals surface area (Å²) in [6.45, 7) is 2.62. The van der Waals surface area contributed by atoms with E-state index < -0.39 is 0 Å². The van der Waals surface area contributed by atoms with Gasteiger partial charge in [-0.05, 0) is 33.5 Å². The van der Waals surface area contributed by atoms with E-state index in [0.717, 1.165) is 32.5 Å². The predicted octanol–water partition coefficient (Wildman–Crippen LogP) is 0.106. The molecular formula is C11H24N2O3. The summed E-state index contributed by atoms with van der Waals surface area (Å²) in [6, 6.07) is -0.213. The van der Waals surface area contributed by atoms with E-state index in [1.165, 1.54) is 7.11 Å². The molecule has 0 saturated carbocycles. The first-order valence-corrected chi connectivity index (χ1v) is 5.58. The molecule has 1 N–H and O–H groups in total. The van der Waals surface area contributed by atoms with E-state index in [9.17, 15) is 4.79 Å². The lowest BCUT2D eigenvalue weighted by molar-refractivity contribution is -0.143. The lowest BCUT2D eigenvalue weighted by Crippen LogP contribution is -2.38. The molecule has 0 saturated heterocycles. The van der Waals surface area contributed by atoms with Crippen LogP contribution in [0.4, 0.5) is 0 Å². The largest absolute Gasteiger partial charge is 0.468 e. The Labute approximate surface area is 98.1 Å². The van der Waals surface area contributed by atoms with Crippen LogP contribution in [0.2, 0.25) is 0 Å². The Morgan fingerprint density at radius 2 is 2.06 bits per heavy atom. The molecule has 5 nitrogen and oxygen atoms in total. The van der Waals surface area contributed by atoms with Crippen molar-refractivity contribution in [3.63, 3.8) is 0 Å². The summed E-state index contributed by atoms with van der Waals surface area (Å²) in [5, 5.41) is 2.95. The molecule has 96 valence electrons. The Morgan fingerprint density at radius 1 is 1.38 bits per heavy atom. The quantitative estimate of drug-likeness (QED) is 0.451. The lowest BCUT2D eigenvalue weighted by Gasteiger charge is -2.19. The Hall–Kier alpha value is -0.650. The van der Waals surface area contributed by atoms with E-state index in [1.807, 2.05) is 7.05 Å². The van der Waals surface area contributed by atoms with E-state index in [1.54, 1.807) is 14.2 Å². The van der Waals surface area contributed by atoms with Gasteiger partial charge in [-0.15, -0.1) is 0 Å². The number of hydrogen-bond acceptors (Lipinski definition) is 5. The highest BCUT2D eigenvalue weighted by atomic mass is 16.5. The molecule has 0 heterocycles. The molecule has 1 unspecified atom stereocenters. The van der Waals surface area contributed by atoms with Gasteiger partial charge in [0.05, 0.1) is 7.11 Å². The number of likely N-dealkylation sites (N-methyl/N-ethyl adjacent to an activating group) is 1. The first-order valence-electron chi connectivity index (χ1n) is 5.58. The Bertz CT molecular complexity index is 188. The van der Waals surface area contributed by atoms with Crippen LogP contribution in [0.3, 0.4) is 0 Å². The summed E-state index contributed by atoms with van der Waals surface area (Å²) in [5.41, 5.74) is 0. The van der Waals surface area contributed by atoms with Crippen LogP contribution in [0.15, 0.2) is 0 Å². The molecule has 0 radical (unpaired) electrons. The predicted molar refractivity (Wildman–Crippen MR) is 63.5 cm³/mol. The van der Waals surface area contributed by atoms with E-state index in [0.29, 0.717) is 0 Å². The first-order chi connectivity index (χ1) is 7.65. The molecule has 5 heteroatoms. The molecule has 0 aliphatic heterocycles. The van der Waals surface area contributed by atoms with Crippen LogP contribution >= 0.6 is 0 Å². The molecule has 16 heavy (non-hydrogen) atoms. The van der Waals surface area contributed by atoms with Crippen LogP contribution in [0.25, 0.3) is 0 Å². The van der Waals surface area contributed by atoms with E-state index >= 15 is 0 Å². The molecule has 0 aliphatic carbocycles. The zero-order valence-corrected chi connectivity index (χ0v) is 10.8. The van der Waals surface area contributed by atoms with E-state index in [4.69, 9.17) is 9.47 Å². The number of carbonyl (C=O) groups is 1. The highest BCUT2D eigenvalue weighted by molar-refractivity contribution is 5.75. The smallest absolute Gasteiger partial charge is 0.322 e. The fraction of sp³-hybridized carbons (Fsp3) is 0.909. The third-order valence-electron chi connectivity index (χ3n) is 2.52. The van der Waals surface area contributed by atoms with Crippen molar-refractivity contribution in [2.75, 3.05) is 48.0 Å². The van der Waals surface area contributed by atoms with Gasteiger partial charge in [0, 0.05) is 20.3 Å². The summed E-state index contributed by atoms with van der Waals surface area (Å²) in [6.07, 6.45) is 1.77. The summed E-state index contributed by atoms with van der Waals surface area (Å²) < 4.78 is 9.68. The third-order valence-corrected chi connectivity index (χ3v) is 2.52. The van der Waals surface area contributed by atoms with Crippen molar-refractivity contribution < 1.29 is 14.3 Å². The zero-order valence-electron chi connectivity index (χ0n) is 10.8. The average Bonchev–Trinajstić information content (AvgIpc) is 2.29. The van der Waals surface area contributed by atoms with Gasteiger partial charge in [0.15, 0.2) is 0 Å². The number of carbonyl (C=O) groups excluding carboxylic acids is 1. The third kappa shape index (κ3) is 6.76. The molecule has 0 fully saturated rings. The van der Waals surface area contributed by atoms with Crippen LogP contribution in [0, 0.1) is 0 Å². The molecule has 0 aromatic heterocycles. The number of hydrogen-bond donors (Lipinski definition) is 1. The first kappa shape index (κ1) is 15.3. The Kier molecular flexibility index (Phi) is 9.18. The monoisotopic (exact) mass is 232 g/mol. The zero-order chi connectivity index (χ0) is 12.4. The van der Waals surface area contributed by atoms with Gasteiger partial charge in [-0.3, -0.25) is 4.79 Å². The van der Waals surface area contributed by atoms with Gasteiger partial charge in [0.25, 0.3) is 0 Å². The maximum Gasteiger partial charge on any atom is 0.322 e. The minimum atomic E-state index is -0.213. The van der Waals surface area contributed by atoms with Crippen LogP contribution < -0.4 is 5.32 Å². The van der Waals surface area contributed by atoms with E-state index in [-0.39, 0.29) is 12.0 Å². The number of ether oxygens (including phenoxy) is 2. The second-order valence-corrected chi connectivity index (χ2v) is 3.80. The van der Waals surface area contributed by atoms with Crippen molar-refractivity contribution >= 4 is 5.97 Å². The summed E-state index contributed by atoms with van der Waals surface area (Å²) in [5.74, 6) is -0.201. The number of nitrogens with one attached hydrogen (secondary N) is 1. The molecule has 0 rings (SSSR count). The Balaban J connectivity index is 3.70. The number of nitrogens with zero attached hydrogens (tertiary/aromatic N) is 1. The maximum absolute atomic E-state index is 11.3. The van der Waals surface area contributed by atoms with Gasteiger partial charge in [-0.1, -0.05) is 0 Å². The number of rotatable bonds is 9. The number of esters is 1. The van der Waals surface area contributed by atoms with Gasteiger partial charge < -0.3 is 19.7 Å². The van der Waals surface area contributed by atoms with Crippen molar-refractivity contribution in [2.45, 2.75) is 18.9 Å². The average molecular weight is 232 g/mol. The van der Waals surface area contributed by atoms with E-state index in [2.05, 4.69) is 10.2 Å². The van der Waals surface area contributed by atoms with Crippen molar-refractivity contribution in [2.24, 2.45) is 0 Å². The maximum atomic E-state index is 11.3. The normalized spacial score (nSPS) is 12.8.